The highest BCUT2D eigenvalue weighted by Gasteiger charge is 2.31. The van der Waals surface area contributed by atoms with Gasteiger partial charge in [-0.25, -0.2) is 9.67 Å². The molecule has 2 aromatic heterocycles. The summed E-state index contributed by atoms with van der Waals surface area (Å²) in [5.41, 5.74) is 3.39. The number of nitrogens with one attached hydrogen (secondary N) is 1. The van der Waals surface area contributed by atoms with Crippen molar-refractivity contribution in [3.63, 3.8) is 0 Å². The highest BCUT2D eigenvalue weighted by molar-refractivity contribution is 6.30. The molecule has 0 saturated carbocycles. The topological polar surface area (TPSA) is 134 Å². The van der Waals surface area contributed by atoms with Crippen molar-refractivity contribution in [2.45, 2.75) is 31.8 Å². The second kappa shape index (κ2) is 13.9. The number of carbonyl (C=O) groups is 3. The Labute approximate surface area is 286 Å². The fourth-order valence-electron chi connectivity index (χ4n) is 6.44. The summed E-state index contributed by atoms with van der Waals surface area (Å²) >= 11 is 6.11. The van der Waals surface area contributed by atoms with E-state index in [1.54, 1.807) is 35.2 Å². The van der Waals surface area contributed by atoms with Gasteiger partial charge in [0.2, 0.25) is 11.8 Å². The number of benzene rings is 3. The van der Waals surface area contributed by atoms with Gasteiger partial charge in [0.1, 0.15) is 24.3 Å². The van der Waals surface area contributed by atoms with Crippen molar-refractivity contribution in [2.24, 2.45) is 0 Å². The summed E-state index contributed by atoms with van der Waals surface area (Å²) in [6.45, 7) is 3.41. The van der Waals surface area contributed by atoms with Crippen LogP contribution in [0.3, 0.4) is 0 Å². The molecule has 1 atom stereocenters. The Bertz CT molecular complexity index is 2060. The van der Waals surface area contributed by atoms with Gasteiger partial charge in [-0.3, -0.25) is 19.2 Å². The fourth-order valence-corrected chi connectivity index (χ4v) is 6.57. The third kappa shape index (κ3) is 7.05. The van der Waals surface area contributed by atoms with Crippen LogP contribution < -0.4 is 15.6 Å². The molecule has 2 saturated heterocycles. The van der Waals surface area contributed by atoms with Gasteiger partial charge in [0.05, 0.1) is 11.1 Å². The van der Waals surface area contributed by atoms with E-state index in [1.165, 1.54) is 17.3 Å². The van der Waals surface area contributed by atoms with Crippen LogP contribution in [0.2, 0.25) is 5.02 Å². The number of aromatic nitrogens is 3. The number of fused-ring (bicyclic) bond motifs is 1. The summed E-state index contributed by atoms with van der Waals surface area (Å²) in [6, 6.07) is 20.3. The molecule has 2 fully saturated rings. The predicted molar refractivity (Wildman–Crippen MR) is 184 cm³/mol. The lowest BCUT2D eigenvalue weighted by Crippen LogP contribution is -2.55. The number of anilines is 1. The molecule has 4 heterocycles. The van der Waals surface area contributed by atoms with Gasteiger partial charge in [-0.05, 0) is 53.9 Å². The lowest BCUT2D eigenvalue weighted by Gasteiger charge is -2.38. The molecule has 0 aliphatic carbocycles. The molecule has 0 radical (unpaired) electrons. The Hall–Kier alpha value is -5.49. The molecule has 250 valence electrons. The largest absolute Gasteiger partial charge is 0.451 e. The number of likely N-dealkylation sites (tertiary alicyclic amines) is 1. The number of nitrogens with zero attached hydrogens (tertiary/aromatic N) is 6. The zero-order valence-electron chi connectivity index (χ0n) is 26.6. The minimum absolute atomic E-state index is 0.180. The number of piperazine rings is 1. The van der Waals surface area contributed by atoms with E-state index in [9.17, 15) is 19.2 Å². The van der Waals surface area contributed by atoms with Crippen molar-refractivity contribution in [2.75, 3.05) is 37.6 Å². The molecular formula is C36H34ClN7O5. The average Bonchev–Trinajstić information content (AvgIpc) is 3.81. The number of halogens is 1. The summed E-state index contributed by atoms with van der Waals surface area (Å²) < 4.78 is 7.38. The number of hydrogen-bond donors (Lipinski definition) is 1. The van der Waals surface area contributed by atoms with Crippen LogP contribution in [0.5, 0.6) is 0 Å². The number of hydrogen-bond acceptors (Lipinski definition) is 8. The Kier molecular flexibility index (Phi) is 9.12. The van der Waals surface area contributed by atoms with Gasteiger partial charge in [-0.2, -0.15) is 5.10 Å². The number of amides is 3. The standard InChI is InChI=1S/C36H34ClN7O5/c37-26-9-7-24(8-10-26)18-29(40-35(47)33-20-31(45)28-19-27(11-12-32(28)49-33)44-23-38-22-39-44)36(48)42-16-14-41(15-17-42)30-5-2-1-4-25(30)21-43-13-3-6-34(43)46/h1-2,4-5,7-12,19-20,22-23,29H,3,6,13-18,21H2,(H,40,47)/t29-/m0/s1. The van der Waals surface area contributed by atoms with Crippen LogP contribution in [0.15, 0.2) is 94.7 Å². The Balaban J connectivity index is 1.08. The molecule has 0 spiro atoms. The molecule has 13 heteroatoms. The highest BCUT2D eigenvalue weighted by Crippen LogP contribution is 2.26. The smallest absolute Gasteiger partial charge is 0.287 e. The molecule has 3 amide bonds. The quantitative estimate of drug-likeness (QED) is 0.249. The van der Waals surface area contributed by atoms with E-state index in [1.807, 2.05) is 29.2 Å². The van der Waals surface area contributed by atoms with Gasteiger partial charge >= 0.3 is 0 Å². The van der Waals surface area contributed by atoms with Crippen LogP contribution in [0.1, 0.15) is 34.5 Å². The van der Waals surface area contributed by atoms with Crippen molar-refractivity contribution < 1.29 is 18.8 Å². The van der Waals surface area contributed by atoms with E-state index in [-0.39, 0.29) is 35.0 Å². The average molecular weight is 680 g/mol. The highest BCUT2D eigenvalue weighted by atomic mass is 35.5. The zero-order valence-corrected chi connectivity index (χ0v) is 27.4. The maximum absolute atomic E-state index is 14.1. The van der Waals surface area contributed by atoms with E-state index in [0.717, 1.165) is 35.8 Å². The first-order valence-corrected chi connectivity index (χ1v) is 16.6. The molecule has 1 N–H and O–H groups in total. The predicted octanol–water partition coefficient (Wildman–Crippen LogP) is 3.84. The van der Waals surface area contributed by atoms with Crippen LogP contribution >= 0.6 is 11.6 Å². The maximum atomic E-state index is 14.1. The molecule has 49 heavy (non-hydrogen) atoms. The molecule has 3 aromatic carbocycles. The van der Waals surface area contributed by atoms with Crippen molar-refractivity contribution in [3.05, 3.63) is 118 Å². The maximum Gasteiger partial charge on any atom is 0.287 e. The van der Waals surface area contributed by atoms with Gasteiger partial charge in [0.25, 0.3) is 5.91 Å². The first-order valence-electron chi connectivity index (χ1n) is 16.2. The first kappa shape index (κ1) is 32.1. The van der Waals surface area contributed by atoms with E-state index in [2.05, 4.69) is 32.4 Å². The summed E-state index contributed by atoms with van der Waals surface area (Å²) in [7, 11) is 0. The monoisotopic (exact) mass is 679 g/mol. The van der Waals surface area contributed by atoms with Crippen molar-refractivity contribution >= 4 is 46.0 Å². The summed E-state index contributed by atoms with van der Waals surface area (Å²) in [5.74, 6) is -0.924. The van der Waals surface area contributed by atoms with Crippen LogP contribution in [0, 0.1) is 0 Å². The van der Waals surface area contributed by atoms with Crippen molar-refractivity contribution in [3.8, 4) is 5.69 Å². The SMILES string of the molecule is O=C(N[C@@H](Cc1ccc(Cl)cc1)C(=O)N1CCN(c2ccccc2CN2CCCC2=O)CC1)c1cc(=O)c2cc(-n3cncn3)ccc2o1. The van der Waals surface area contributed by atoms with Crippen LogP contribution in [-0.2, 0) is 22.6 Å². The minimum Gasteiger partial charge on any atom is -0.451 e. The lowest BCUT2D eigenvalue weighted by atomic mass is 10.0. The van der Waals surface area contributed by atoms with Gasteiger partial charge < -0.3 is 24.4 Å². The van der Waals surface area contributed by atoms with Gasteiger partial charge in [-0.15, -0.1) is 0 Å². The van der Waals surface area contributed by atoms with Crippen molar-refractivity contribution in [1.82, 2.24) is 29.9 Å². The third-order valence-electron chi connectivity index (χ3n) is 9.03. The molecular weight excluding hydrogens is 646 g/mol. The van der Waals surface area contributed by atoms with Crippen LogP contribution in [0.25, 0.3) is 16.7 Å². The first-order chi connectivity index (χ1) is 23.8. The molecule has 7 rings (SSSR count). The summed E-state index contributed by atoms with van der Waals surface area (Å²) in [6.07, 6.45) is 4.60. The Morgan fingerprint density at radius 2 is 1.73 bits per heavy atom. The number of para-hydroxylation sites is 1. The molecule has 0 bridgehead atoms. The van der Waals surface area contributed by atoms with Crippen LogP contribution in [-0.4, -0.2) is 81.1 Å². The second-order valence-corrected chi connectivity index (χ2v) is 12.6. The van der Waals surface area contributed by atoms with E-state index in [0.29, 0.717) is 49.9 Å². The summed E-state index contributed by atoms with van der Waals surface area (Å²) in [4.78, 5) is 62.9. The van der Waals surface area contributed by atoms with Gasteiger partial charge in [0.15, 0.2) is 11.2 Å². The van der Waals surface area contributed by atoms with Gasteiger partial charge in [0, 0.05) is 68.9 Å². The fraction of sp³-hybridized carbons (Fsp3) is 0.278. The number of rotatable bonds is 9. The third-order valence-corrected chi connectivity index (χ3v) is 9.28. The lowest BCUT2D eigenvalue weighted by molar-refractivity contribution is -0.133. The van der Waals surface area contributed by atoms with Crippen LogP contribution in [0.4, 0.5) is 5.69 Å². The van der Waals surface area contributed by atoms with Crippen molar-refractivity contribution in [1.29, 1.82) is 0 Å². The van der Waals surface area contributed by atoms with Gasteiger partial charge in [-0.1, -0.05) is 41.9 Å². The Morgan fingerprint density at radius 1 is 0.939 bits per heavy atom. The second-order valence-electron chi connectivity index (χ2n) is 12.2. The minimum atomic E-state index is -0.926. The molecule has 5 aromatic rings. The number of carbonyl (C=O) groups excluding carboxylic acids is 3. The zero-order chi connectivity index (χ0) is 33.9. The molecule has 2 aliphatic heterocycles. The normalized spacial score (nSPS) is 15.5. The van der Waals surface area contributed by atoms with E-state index < -0.39 is 17.4 Å². The van der Waals surface area contributed by atoms with E-state index in [4.69, 9.17) is 16.0 Å². The molecule has 0 unspecified atom stereocenters. The Morgan fingerprint density at radius 3 is 2.47 bits per heavy atom. The molecule has 12 nitrogen and oxygen atoms in total. The molecule has 2 aliphatic rings. The summed E-state index contributed by atoms with van der Waals surface area (Å²) in [5, 5.41) is 7.78. The van der Waals surface area contributed by atoms with E-state index >= 15 is 0 Å².